The van der Waals surface area contributed by atoms with Crippen LogP contribution in [0.2, 0.25) is 0 Å². The lowest BCUT2D eigenvalue weighted by Gasteiger charge is -2.29. The number of nitrogens with zero attached hydrogens (tertiary/aromatic N) is 4. The highest BCUT2D eigenvalue weighted by Gasteiger charge is 2.14. The second kappa shape index (κ2) is 8.87. The number of hydrogen-bond donors (Lipinski definition) is 0. The Balaban J connectivity index is 1.51. The predicted molar refractivity (Wildman–Crippen MR) is 141 cm³/mol. The molecule has 35 heavy (non-hydrogen) atoms. The first-order valence-electron chi connectivity index (χ1n) is 12.0. The van der Waals surface area contributed by atoms with Crippen LogP contribution in [-0.4, -0.2) is 34.7 Å². The van der Waals surface area contributed by atoms with Crippen molar-refractivity contribution in [3.05, 3.63) is 89.5 Å². The first kappa shape index (κ1) is 21.4. The van der Waals surface area contributed by atoms with Crippen LogP contribution in [0.1, 0.15) is 19.3 Å². The van der Waals surface area contributed by atoms with Gasteiger partial charge in [0, 0.05) is 65.3 Å². The number of methoxy groups -OCH3 is 1. The van der Waals surface area contributed by atoms with E-state index in [0.717, 1.165) is 51.7 Å². The zero-order valence-electron chi connectivity index (χ0n) is 19.6. The first-order chi connectivity index (χ1) is 17.2. The molecule has 0 aliphatic carbocycles. The summed E-state index contributed by atoms with van der Waals surface area (Å²) < 4.78 is 7.00. The molecule has 1 saturated heterocycles. The number of ether oxygens (including phenoxy) is 1. The van der Waals surface area contributed by atoms with Gasteiger partial charge in [0.05, 0.1) is 18.1 Å². The van der Waals surface area contributed by atoms with E-state index in [4.69, 9.17) is 4.74 Å². The van der Waals surface area contributed by atoms with Crippen molar-refractivity contribution in [3.63, 3.8) is 0 Å². The number of piperidine rings is 1. The maximum absolute atomic E-state index is 13.2. The summed E-state index contributed by atoms with van der Waals surface area (Å²) in [5.41, 5.74) is 5.68. The van der Waals surface area contributed by atoms with Gasteiger partial charge >= 0.3 is 0 Å². The molecule has 1 aliphatic heterocycles. The largest absolute Gasteiger partial charge is 0.481 e. The highest BCUT2D eigenvalue weighted by molar-refractivity contribution is 6.05. The van der Waals surface area contributed by atoms with Crippen molar-refractivity contribution in [1.29, 1.82) is 0 Å². The zero-order chi connectivity index (χ0) is 23.8. The number of rotatable bonds is 4. The molecule has 4 heterocycles. The predicted octanol–water partition coefficient (Wildman–Crippen LogP) is 5.60. The Morgan fingerprint density at radius 3 is 2.29 bits per heavy atom. The van der Waals surface area contributed by atoms with Crippen molar-refractivity contribution >= 4 is 27.5 Å². The van der Waals surface area contributed by atoms with E-state index in [1.807, 2.05) is 48.7 Å². The molecule has 0 amide bonds. The number of anilines is 1. The summed E-state index contributed by atoms with van der Waals surface area (Å²) in [6.07, 6.45) is 7.40. The summed E-state index contributed by atoms with van der Waals surface area (Å²) in [7, 11) is 1.61. The van der Waals surface area contributed by atoms with Gasteiger partial charge in [-0.15, -0.1) is 0 Å². The molecule has 5 aromatic rings. The van der Waals surface area contributed by atoms with Gasteiger partial charge in [0.1, 0.15) is 0 Å². The van der Waals surface area contributed by atoms with Crippen molar-refractivity contribution in [2.75, 3.05) is 25.1 Å². The molecule has 0 bridgehead atoms. The second-order valence-electron chi connectivity index (χ2n) is 8.95. The van der Waals surface area contributed by atoms with Crippen LogP contribution in [-0.2, 0) is 0 Å². The van der Waals surface area contributed by atoms with E-state index in [1.54, 1.807) is 23.9 Å². The van der Waals surface area contributed by atoms with Gasteiger partial charge in [-0.25, -0.2) is 4.98 Å². The summed E-state index contributed by atoms with van der Waals surface area (Å²) in [6, 6.07) is 21.8. The van der Waals surface area contributed by atoms with E-state index in [-0.39, 0.29) is 5.56 Å². The number of fused-ring (bicyclic) bond motifs is 3. The molecule has 1 aliphatic rings. The molecule has 3 aromatic heterocycles. The Labute approximate surface area is 203 Å². The van der Waals surface area contributed by atoms with E-state index in [9.17, 15) is 4.79 Å². The summed E-state index contributed by atoms with van der Waals surface area (Å²) in [5, 5.41) is 1.84. The third-order valence-electron chi connectivity index (χ3n) is 6.83. The topological polar surface area (TPSA) is 60.2 Å². The van der Waals surface area contributed by atoms with E-state index in [0.29, 0.717) is 5.88 Å². The number of hydrogen-bond acceptors (Lipinski definition) is 5. The summed E-state index contributed by atoms with van der Waals surface area (Å²) >= 11 is 0. The Kier molecular flexibility index (Phi) is 5.41. The molecule has 0 spiro atoms. The summed E-state index contributed by atoms with van der Waals surface area (Å²) in [4.78, 5) is 24.6. The molecule has 6 rings (SSSR count). The Hall–Kier alpha value is -4.19. The lowest BCUT2D eigenvalue weighted by molar-refractivity contribution is 0.398. The third kappa shape index (κ3) is 3.91. The van der Waals surface area contributed by atoms with Crippen LogP contribution in [0.4, 0.5) is 5.69 Å². The minimum Gasteiger partial charge on any atom is -0.481 e. The summed E-state index contributed by atoms with van der Waals surface area (Å²) in [6.45, 7) is 2.18. The molecule has 0 atom stereocenters. The Morgan fingerprint density at radius 1 is 0.771 bits per heavy atom. The quantitative estimate of drug-likeness (QED) is 0.325. The summed E-state index contributed by atoms with van der Waals surface area (Å²) in [5.74, 6) is 0.573. The molecule has 1 fully saturated rings. The molecule has 6 nitrogen and oxygen atoms in total. The van der Waals surface area contributed by atoms with E-state index in [2.05, 4.69) is 33.1 Å². The van der Waals surface area contributed by atoms with Crippen LogP contribution in [0.25, 0.3) is 38.6 Å². The van der Waals surface area contributed by atoms with Gasteiger partial charge in [0.25, 0.3) is 5.56 Å². The fourth-order valence-electron chi connectivity index (χ4n) is 4.98. The standard InChI is InChI=1S/C29H26N4O2/c1-35-27-13-6-21(18-31-27)20-5-12-26-25(17-20)29-22(19-30-26)7-14-28(34)33(29)24-10-8-23(9-11-24)32-15-3-2-4-16-32/h5-14,17-19H,2-4,15-16H2,1H3. The lowest BCUT2D eigenvalue weighted by Crippen LogP contribution is -2.29. The average molecular weight is 463 g/mol. The van der Waals surface area contributed by atoms with Crippen LogP contribution >= 0.6 is 0 Å². The molecular formula is C29H26N4O2. The number of aromatic nitrogens is 3. The normalized spacial score (nSPS) is 13.9. The first-order valence-corrected chi connectivity index (χ1v) is 12.0. The fraction of sp³-hybridized carbons (Fsp3) is 0.207. The lowest BCUT2D eigenvalue weighted by atomic mass is 10.0. The second-order valence-corrected chi connectivity index (χ2v) is 8.95. The average Bonchev–Trinajstić information content (AvgIpc) is 2.93. The van der Waals surface area contributed by atoms with E-state index < -0.39 is 0 Å². The van der Waals surface area contributed by atoms with Gasteiger partial charge < -0.3 is 9.64 Å². The maximum Gasteiger partial charge on any atom is 0.255 e. The van der Waals surface area contributed by atoms with Crippen molar-refractivity contribution in [3.8, 4) is 22.7 Å². The van der Waals surface area contributed by atoms with Crippen LogP contribution in [0.3, 0.4) is 0 Å². The highest BCUT2D eigenvalue weighted by Crippen LogP contribution is 2.30. The number of benzene rings is 2. The van der Waals surface area contributed by atoms with Crippen LogP contribution in [0.5, 0.6) is 5.88 Å². The fourth-order valence-corrected chi connectivity index (χ4v) is 4.98. The van der Waals surface area contributed by atoms with Gasteiger partial charge in [-0.3, -0.25) is 14.3 Å². The van der Waals surface area contributed by atoms with Gasteiger partial charge in [-0.2, -0.15) is 0 Å². The van der Waals surface area contributed by atoms with Crippen molar-refractivity contribution in [2.24, 2.45) is 0 Å². The third-order valence-corrected chi connectivity index (χ3v) is 6.83. The molecule has 2 aromatic carbocycles. The van der Waals surface area contributed by atoms with Gasteiger partial charge in [0.15, 0.2) is 0 Å². The van der Waals surface area contributed by atoms with Crippen LogP contribution in [0, 0.1) is 0 Å². The zero-order valence-corrected chi connectivity index (χ0v) is 19.6. The van der Waals surface area contributed by atoms with Crippen molar-refractivity contribution in [2.45, 2.75) is 19.3 Å². The SMILES string of the molecule is COc1ccc(-c2ccc3ncc4ccc(=O)n(-c5ccc(N6CCCCC6)cc5)c4c3c2)cn1. The molecule has 6 heteroatoms. The molecule has 0 N–H and O–H groups in total. The van der Waals surface area contributed by atoms with E-state index >= 15 is 0 Å². The number of pyridine rings is 3. The van der Waals surface area contributed by atoms with Crippen LogP contribution < -0.4 is 15.2 Å². The van der Waals surface area contributed by atoms with E-state index in [1.165, 1.54) is 24.9 Å². The van der Waals surface area contributed by atoms with Gasteiger partial charge in [-0.05, 0) is 73.4 Å². The van der Waals surface area contributed by atoms with Crippen molar-refractivity contribution < 1.29 is 4.74 Å². The Bertz CT molecular complexity index is 1570. The van der Waals surface area contributed by atoms with Crippen LogP contribution in [0.15, 0.2) is 83.9 Å². The minimum absolute atomic E-state index is 0.0627. The molecule has 0 saturated carbocycles. The smallest absolute Gasteiger partial charge is 0.255 e. The minimum atomic E-state index is -0.0627. The molecule has 0 unspecified atom stereocenters. The van der Waals surface area contributed by atoms with Gasteiger partial charge in [-0.1, -0.05) is 6.07 Å². The highest BCUT2D eigenvalue weighted by atomic mass is 16.5. The van der Waals surface area contributed by atoms with Crippen molar-refractivity contribution in [1.82, 2.24) is 14.5 Å². The molecular weight excluding hydrogens is 436 g/mol. The monoisotopic (exact) mass is 462 g/mol. The maximum atomic E-state index is 13.2. The Morgan fingerprint density at radius 2 is 1.54 bits per heavy atom. The van der Waals surface area contributed by atoms with Gasteiger partial charge in [0.2, 0.25) is 5.88 Å². The molecule has 174 valence electrons. The molecule has 0 radical (unpaired) electrons.